The topological polar surface area (TPSA) is 71.8 Å². The number of furan rings is 1. The zero-order valence-electron chi connectivity index (χ0n) is 13.0. The first kappa shape index (κ1) is 14.6. The first-order valence-electron chi connectivity index (χ1n) is 7.83. The van der Waals surface area contributed by atoms with Crippen LogP contribution in [0.25, 0.3) is 21.9 Å². The maximum absolute atomic E-state index is 12.1. The lowest BCUT2D eigenvalue weighted by atomic mass is 10.1. The molecule has 24 heavy (non-hydrogen) atoms. The highest BCUT2D eigenvalue weighted by atomic mass is 16.6. The Morgan fingerprint density at radius 3 is 2.79 bits per heavy atom. The molecule has 4 rings (SSSR count). The minimum Gasteiger partial charge on any atom is -0.456 e. The van der Waals surface area contributed by atoms with Crippen LogP contribution in [0.4, 0.5) is 10.5 Å². The zero-order chi connectivity index (χ0) is 16.5. The van der Waals surface area contributed by atoms with Crippen LogP contribution in [0.2, 0.25) is 0 Å². The van der Waals surface area contributed by atoms with Crippen LogP contribution < -0.4 is 5.32 Å². The fourth-order valence-corrected chi connectivity index (χ4v) is 2.89. The summed E-state index contributed by atoms with van der Waals surface area (Å²) in [6.07, 6.45) is -0.126. The third-order valence-corrected chi connectivity index (χ3v) is 4.12. The van der Waals surface area contributed by atoms with Crippen LogP contribution in [0.1, 0.15) is 6.42 Å². The fourth-order valence-electron chi connectivity index (χ4n) is 2.89. The van der Waals surface area contributed by atoms with Crippen LogP contribution in [-0.2, 0) is 9.53 Å². The van der Waals surface area contributed by atoms with Gasteiger partial charge in [0.05, 0.1) is 6.54 Å². The van der Waals surface area contributed by atoms with Crippen molar-refractivity contribution in [1.29, 1.82) is 0 Å². The normalized spacial score (nSPS) is 14.3. The van der Waals surface area contributed by atoms with Gasteiger partial charge in [-0.05, 0) is 18.2 Å². The summed E-state index contributed by atoms with van der Waals surface area (Å²) in [7, 11) is 0. The number of hydrogen-bond donors (Lipinski definition) is 1. The van der Waals surface area contributed by atoms with Crippen LogP contribution in [0.5, 0.6) is 0 Å². The second-order valence-corrected chi connectivity index (χ2v) is 5.71. The molecule has 1 fully saturated rings. The molecular weight excluding hydrogens is 308 g/mol. The van der Waals surface area contributed by atoms with Crippen LogP contribution >= 0.6 is 0 Å². The molecule has 0 spiro atoms. The average molecular weight is 324 g/mol. The highest BCUT2D eigenvalue weighted by Gasteiger charge is 2.22. The summed E-state index contributed by atoms with van der Waals surface area (Å²) in [6, 6.07) is 13.4. The summed E-state index contributed by atoms with van der Waals surface area (Å²) in [4.78, 5) is 24.9. The van der Waals surface area contributed by atoms with Gasteiger partial charge in [0, 0.05) is 35.5 Å². The molecule has 1 saturated heterocycles. The van der Waals surface area contributed by atoms with E-state index in [1.54, 1.807) is 0 Å². The SMILES string of the molecule is O=C(CCN1CCOC1=O)Nc1ccc2c(c1)oc1ccccc12. The average Bonchev–Trinajstić information content (AvgIpc) is 3.15. The number of cyclic esters (lactones) is 1. The lowest BCUT2D eigenvalue weighted by Crippen LogP contribution is -2.28. The fraction of sp³-hybridized carbons (Fsp3) is 0.222. The van der Waals surface area contributed by atoms with Gasteiger partial charge >= 0.3 is 6.09 Å². The lowest BCUT2D eigenvalue weighted by molar-refractivity contribution is -0.116. The first-order chi connectivity index (χ1) is 11.7. The molecule has 122 valence electrons. The smallest absolute Gasteiger partial charge is 0.409 e. The number of carbonyl (C=O) groups is 2. The number of amides is 2. The van der Waals surface area contributed by atoms with Crippen molar-refractivity contribution < 1.29 is 18.7 Å². The molecule has 0 unspecified atom stereocenters. The Hall–Kier alpha value is -3.02. The lowest BCUT2D eigenvalue weighted by Gasteiger charge is -2.12. The van der Waals surface area contributed by atoms with Gasteiger partial charge in [-0.3, -0.25) is 4.79 Å². The molecule has 2 heterocycles. The molecule has 0 atom stereocenters. The molecule has 6 nitrogen and oxygen atoms in total. The van der Waals surface area contributed by atoms with Gasteiger partial charge in [-0.2, -0.15) is 0 Å². The number of nitrogens with one attached hydrogen (secondary N) is 1. The van der Waals surface area contributed by atoms with E-state index in [4.69, 9.17) is 9.15 Å². The van der Waals surface area contributed by atoms with Crippen molar-refractivity contribution in [2.24, 2.45) is 0 Å². The third-order valence-electron chi connectivity index (χ3n) is 4.12. The number of anilines is 1. The van der Waals surface area contributed by atoms with Crippen molar-refractivity contribution in [2.75, 3.05) is 25.0 Å². The monoisotopic (exact) mass is 324 g/mol. The van der Waals surface area contributed by atoms with Crippen molar-refractivity contribution in [3.05, 3.63) is 42.5 Å². The summed E-state index contributed by atoms with van der Waals surface area (Å²) >= 11 is 0. The van der Waals surface area contributed by atoms with Gasteiger partial charge in [0.2, 0.25) is 5.91 Å². The van der Waals surface area contributed by atoms with E-state index in [0.717, 1.165) is 21.9 Å². The van der Waals surface area contributed by atoms with E-state index >= 15 is 0 Å². The van der Waals surface area contributed by atoms with E-state index < -0.39 is 0 Å². The number of benzene rings is 2. The summed E-state index contributed by atoms with van der Waals surface area (Å²) < 4.78 is 10.6. The molecule has 1 aliphatic rings. The van der Waals surface area contributed by atoms with Gasteiger partial charge in [-0.1, -0.05) is 18.2 Å². The summed E-state index contributed by atoms with van der Waals surface area (Å²) in [5, 5.41) is 4.91. The predicted octanol–water partition coefficient (Wildman–Crippen LogP) is 3.37. The largest absolute Gasteiger partial charge is 0.456 e. The maximum Gasteiger partial charge on any atom is 0.409 e. The Kier molecular flexibility index (Phi) is 3.57. The van der Waals surface area contributed by atoms with Gasteiger partial charge < -0.3 is 19.4 Å². The first-order valence-corrected chi connectivity index (χ1v) is 7.83. The van der Waals surface area contributed by atoms with E-state index in [1.807, 2.05) is 42.5 Å². The number of nitrogens with zero attached hydrogens (tertiary/aromatic N) is 1. The molecule has 0 saturated carbocycles. The molecule has 0 radical (unpaired) electrons. The Morgan fingerprint density at radius 2 is 1.96 bits per heavy atom. The minimum absolute atomic E-state index is 0.148. The zero-order valence-corrected chi connectivity index (χ0v) is 13.0. The van der Waals surface area contributed by atoms with Crippen LogP contribution in [0.3, 0.4) is 0 Å². The highest BCUT2D eigenvalue weighted by Crippen LogP contribution is 2.30. The van der Waals surface area contributed by atoms with E-state index in [1.165, 1.54) is 4.90 Å². The quantitative estimate of drug-likeness (QED) is 0.798. The van der Waals surface area contributed by atoms with Gasteiger partial charge in [-0.25, -0.2) is 4.79 Å². The molecule has 2 aromatic carbocycles. The maximum atomic E-state index is 12.1. The minimum atomic E-state index is -0.355. The highest BCUT2D eigenvalue weighted by molar-refractivity contribution is 6.06. The molecule has 1 N–H and O–H groups in total. The number of rotatable bonds is 4. The standard InChI is InChI=1S/C18H16N2O4/c21-17(7-8-20-9-10-23-18(20)22)19-12-5-6-14-13-3-1-2-4-15(13)24-16(14)11-12/h1-6,11H,7-10H2,(H,19,21). The van der Waals surface area contributed by atoms with Gasteiger partial charge in [-0.15, -0.1) is 0 Å². The van der Waals surface area contributed by atoms with Gasteiger partial charge in [0.25, 0.3) is 0 Å². The summed E-state index contributed by atoms with van der Waals surface area (Å²) in [5.74, 6) is -0.148. The number of para-hydroxylation sites is 1. The van der Waals surface area contributed by atoms with Crippen LogP contribution in [0.15, 0.2) is 46.9 Å². The Morgan fingerprint density at radius 1 is 1.12 bits per heavy atom. The molecule has 2 amide bonds. The third kappa shape index (κ3) is 2.67. The van der Waals surface area contributed by atoms with Crippen molar-refractivity contribution >= 4 is 39.6 Å². The molecule has 0 aliphatic carbocycles. The molecule has 6 heteroatoms. The van der Waals surface area contributed by atoms with Gasteiger partial charge in [0.1, 0.15) is 17.8 Å². The Bertz CT molecular complexity index is 931. The Labute approximate surface area is 138 Å². The second-order valence-electron chi connectivity index (χ2n) is 5.71. The van der Waals surface area contributed by atoms with E-state index in [2.05, 4.69) is 5.32 Å². The Balaban J connectivity index is 1.47. The van der Waals surface area contributed by atoms with Crippen molar-refractivity contribution in [3.8, 4) is 0 Å². The van der Waals surface area contributed by atoms with E-state index in [0.29, 0.717) is 25.4 Å². The molecule has 1 aliphatic heterocycles. The molecule has 0 bridgehead atoms. The van der Waals surface area contributed by atoms with Gasteiger partial charge in [0.15, 0.2) is 0 Å². The van der Waals surface area contributed by atoms with Crippen molar-refractivity contribution in [2.45, 2.75) is 6.42 Å². The predicted molar refractivity (Wildman–Crippen MR) is 89.9 cm³/mol. The number of ether oxygens (including phenoxy) is 1. The van der Waals surface area contributed by atoms with Crippen LogP contribution in [-0.4, -0.2) is 36.6 Å². The van der Waals surface area contributed by atoms with E-state index in [9.17, 15) is 9.59 Å². The molecular formula is C18H16N2O4. The second kappa shape index (κ2) is 5.88. The molecule has 1 aromatic heterocycles. The molecule has 3 aromatic rings. The van der Waals surface area contributed by atoms with Crippen LogP contribution in [0, 0.1) is 0 Å². The summed E-state index contributed by atoms with van der Waals surface area (Å²) in [5.41, 5.74) is 2.23. The summed E-state index contributed by atoms with van der Waals surface area (Å²) in [6.45, 7) is 1.29. The number of carbonyl (C=O) groups excluding carboxylic acids is 2. The van der Waals surface area contributed by atoms with E-state index in [-0.39, 0.29) is 18.4 Å². The number of hydrogen-bond acceptors (Lipinski definition) is 4. The van der Waals surface area contributed by atoms with Crippen molar-refractivity contribution in [3.63, 3.8) is 0 Å². The van der Waals surface area contributed by atoms with Crippen molar-refractivity contribution in [1.82, 2.24) is 4.90 Å². The number of fused-ring (bicyclic) bond motifs is 3.